The number of carbonyl (C=O) groups excluding carboxylic acids is 1. The maximum Gasteiger partial charge on any atom is 0.263 e. The first-order valence-electron chi connectivity index (χ1n) is 8.57. The number of hydrogen-bond donors (Lipinski definition) is 1. The molecule has 1 amide bonds. The minimum Gasteiger partial charge on any atom is -0.343 e. The van der Waals surface area contributed by atoms with E-state index in [9.17, 15) is 13.2 Å². The van der Waals surface area contributed by atoms with E-state index in [-0.39, 0.29) is 23.4 Å². The lowest BCUT2D eigenvalue weighted by Gasteiger charge is -2.33. The molecule has 2 aromatic rings. The van der Waals surface area contributed by atoms with Gasteiger partial charge in [0.15, 0.2) is 5.65 Å². The van der Waals surface area contributed by atoms with Crippen LogP contribution in [-0.2, 0) is 14.8 Å². The lowest BCUT2D eigenvalue weighted by atomic mass is 9.98. The Kier molecular flexibility index (Phi) is 5.05. The third-order valence-corrected chi connectivity index (χ3v) is 6.51. The topological polar surface area (TPSA) is 99.3 Å². The van der Waals surface area contributed by atoms with E-state index in [0.29, 0.717) is 43.5 Å². The summed E-state index contributed by atoms with van der Waals surface area (Å²) >= 11 is 0. The van der Waals surface area contributed by atoms with Gasteiger partial charge in [-0.2, -0.15) is 9.40 Å². The van der Waals surface area contributed by atoms with E-state index in [1.54, 1.807) is 23.2 Å². The van der Waals surface area contributed by atoms with E-state index in [4.69, 9.17) is 0 Å². The number of amides is 1. The van der Waals surface area contributed by atoms with E-state index in [1.807, 2.05) is 13.8 Å². The minimum absolute atomic E-state index is 0.0217. The Morgan fingerprint density at radius 2 is 2.16 bits per heavy atom. The molecular weight excluding hydrogens is 342 g/mol. The highest BCUT2D eigenvalue weighted by atomic mass is 32.2. The fourth-order valence-corrected chi connectivity index (χ4v) is 4.90. The second-order valence-corrected chi connectivity index (χ2v) is 7.99. The predicted molar refractivity (Wildman–Crippen MR) is 93.3 cm³/mol. The summed E-state index contributed by atoms with van der Waals surface area (Å²) in [6.07, 6.45) is 2.96. The van der Waals surface area contributed by atoms with Crippen molar-refractivity contribution in [2.75, 3.05) is 26.2 Å². The van der Waals surface area contributed by atoms with Gasteiger partial charge < -0.3 is 4.90 Å². The maximum atomic E-state index is 13.0. The van der Waals surface area contributed by atoms with E-state index in [2.05, 4.69) is 15.2 Å². The van der Waals surface area contributed by atoms with Crippen molar-refractivity contribution in [3.05, 3.63) is 18.3 Å². The second kappa shape index (κ2) is 7.09. The molecule has 1 unspecified atom stereocenters. The SMILES string of the molecule is CCN(CC)C(=O)C1CCCN(S(=O)(=O)c2n[nH]c3ncccc23)C1. The molecule has 1 N–H and O–H groups in total. The number of carbonyl (C=O) groups is 1. The molecule has 1 aliphatic rings. The van der Waals surface area contributed by atoms with Gasteiger partial charge in [-0.25, -0.2) is 13.4 Å². The highest BCUT2D eigenvalue weighted by molar-refractivity contribution is 7.89. The monoisotopic (exact) mass is 365 g/mol. The molecule has 8 nitrogen and oxygen atoms in total. The van der Waals surface area contributed by atoms with Crippen LogP contribution in [0.15, 0.2) is 23.4 Å². The molecule has 1 atom stereocenters. The van der Waals surface area contributed by atoms with Crippen LogP contribution < -0.4 is 0 Å². The highest BCUT2D eigenvalue weighted by Crippen LogP contribution is 2.27. The van der Waals surface area contributed by atoms with E-state index in [1.165, 1.54) is 4.31 Å². The van der Waals surface area contributed by atoms with Gasteiger partial charge in [-0.05, 0) is 38.8 Å². The summed E-state index contributed by atoms with van der Waals surface area (Å²) in [6.45, 7) is 5.73. The van der Waals surface area contributed by atoms with Crippen molar-refractivity contribution in [2.45, 2.75) is 31.7 Å². The van der Waals surface area contributed by atoms with E-state index >= 15 is 0 Å². The first kappa shape index (κ1) is 17.8. The molecule has 2 aromatic heterocycles. The normalized spacial score (nSPS) is 19.2. The quantitative estimate of drug-likeness (QED) is 0.859. The fourth-order valence-electron chi connectivity index (χ4n) is 3.31. The number of sulfonamides is 1. The van der Waals surface area contributed by atoms with Gasteiger partial charge in [-0.1, -0.05) is 0 Å². The molecule has 0 bridgehead atoms. The van der Waals surface area contributed by atoms with Crippen LogP contribution in [0.2, 0.25) is 0 Å². The van der Waals surface area contributed by atoms with Crippen LogP contribution in [0.1, 0.15) is 26.7 Å². The molecule has 0 aromatic carbocycles. The molecule has 1 fully saturated rings. The zero-order valence-electron chi connectivity index (χ0n) is 14.5. The number of pyridine rings is 1. The molecule has 25 heavy (non-hydrogen) atoms. The lowest BCUT2D eigenvalue weighted by Crippen LogP contribution is -2.46. The zero-order valence-corrected chi connectivity index (χ0v) is 15.3. The number of piperidine rings is 1. The summed E-state index contributed by atoms with van der Waals surface area (Å²) in [5.74, 6) is -0.273. The van der Waals surface area contributed by atoms with Crippen LogP contribution in [0.3, 0.4) is 0 Å². The fraction of sp³-hybridized carbons (Fsp3) is 0.562. The van der Waals surface area contributed by atoms with Crippen LogP contribution >= 0.6 is 0 Å². The van der Waals surface area contributed by atoms with Gasteiger partial charge in [0.1, 0.15) is 0 Å². The van der Waals surface area contributed by atoms with Gasteiger partial charge >= 0.3 is 0 Å². The Bertz CT molecular complexity index is 860. The molecule has 0 saturated carbocycles. The number of fused-ring (bicyclic) bond motifs is 1. The van der Waals surface area contributed by atoms with E-state index < -0.39 is 10.0 Å². The van der Waals surface area contributed by atoms with Gasteiger partial charge in [-0.3, -0.25) is 9.89 Å². The number of H-pyrrole nitrogens is 1. The average molecular weight is 365 g/mol. The minimum atomic E-state index is -3.77. The highest BCUT2D eigenvalue weighted by Gasteiger charge is 2.36. The first-order valence-corrected chi connectivity index (χ1v) is 10.0. The number of nitrogens with zero attached hydrogens (tertiary/aromatic N) is 4. The molecule has 1 aliphatic heterocycles. The summed E-state index contributed by atoms with van der Waals surface area (Å²) in [6, 6.07) is 3.36. The number of aromatic amines is 1. The Labute approximate surface area is 147 Å². The number of rotatable bonds is 5. The first-order chi connectivity index (χ1) is 12.0. The molecule has 0 spiro atoms. The predicted octanol–water partition coefficient (Wildman–Crippen LogP) is 1.23. The van der Waals surface area contributed by atoms with Crippen molar-refractivity contribution in [3.8, 4) is 0 Å². The molecule has 9 heteroatoms. The smallest absolute Gasteiger partial charge is 0.263 e. The van der Waals surface area contributed by atoms with E-state index in [0.717, 1.165) is 0 Å². The Morgan fingerprint density at radius 3 is 2.88 bits per heavy atom. The van der Waals surface area contributed by atoms with Crippen molar-refractivity contribution >= 4 is 27.0 Å². The second-order valence-electron chi connectivity index (χ2n) is 6.14. The van der Waals surface area contributed by atoms with Gasteiger partial charge in [0.05, 0.1) is 11.3 Å². The van der Waals surface area contributed by atoms with Crippen LogP contribution in [0, 0.1) is 5.92 Å². The van der Waals surface area contributed by atoms with Gasteiger partial charge in [0.2, 0.25) is 10.9 Å². The summed E-state index contributed by atoms with van der Waals surface area (Å²) in [5.41, 5.74) is 0.439. The maximum absolute atomic E-state index is 13.0. The molecule has 0 aliphatic carbocycles. The van der Waals surface area contributed by atoms with Crippen LogP contribution in [0.25, 0.3) is 11.0 Å². The summed E-state index contributed by atoms with van der Waals surface area (Å²) in [4.78, 5) is 18.5. The Balaban J connectivity index is 1.86. The molecule has 3 rings (SSSR count). The summed E-state index contributed by atoms with van der Waals surface area (Å²) in [5, 5.41) is 7.08. The number of aromatic nitrogens is 3. The zero-order chi connectivity index (χ0) is 18.0. The third-order valence-electron chi connectivity index (χ3n) is 4.69. The summed E-state index contributed by atoms with van der Waals surface area (Å²) < 4.78 is 27.4. The van der Waals surface area contributed by atoms with Crippen LogP contribution in [-0.4, -0.2) is 64.9 Å². The van der Waals surface area contributed by atoms with Crippen molar-refractivity contribution in [3.63, 3.8) is 0 Å². The number of nitrogens with one attached hydrogen (secondary N) is 1. The molecule has 136 valence electrons. The Hall–Kier alpha value is -2.00. The molecule has 3 heterocycles. The third kappa shape index (κ3) is 3.25. The average Bonchev–Trinajstić information content (AvgIpc) is 3.07. The van der Waals surface area contributed by atoms with Gasteiger partial charge in [0, 0.05) is 32.4 Å². The standard InChI is InChI=1S/C16H23N5O3S/c1-3-20(4-2)16(22)12-7-6-10-21(11-12)25(23,24)15-13-8-5-9-17-14(13)18-19-15/h5,8-9,12H,3-4,6-7,10-11H2,1-2H3,(H,17,18,19). The Morgan fingerprint density at radius 1 is 1.40 bits per heavy atom. The van der Waals surface area contributed by atoms with Crippen molar-refractivity contribution in [2.24, 2.45) is 5.92 Å². The van der Waals surface area contributed by atoms with Gasteiger partial charge in [0.25, 0.3) is 10.0 Å². The van der Waals surface area contributed by atoms with Crippen molar-refractivity contribution in [1.82, 2.24) is 24.4 Å². The summed E-state index contributed by atoms with van der Waals surface area (Å²) in [7, 11) is -3.77. The number of hydrogen-bond acceptors (Lipinski definition) is 5. The molecule has 1 saturated heterocycles. The largest absolute Gasteiger partial charge is 0.343 e. The van der Waals surface area contributed by atoms with Crippen molar-refractivity contribution in [1.29, 1.82) is 0 Å². The lowest BCUT2D eigenvalue weighted by molar-refractivity contribution is -0.136. The molecule has 0 radical (unpaired) electrons. The molecular formula is C16H23N5O3S. The van der Waals surface area contributed by atoms with Gasteiger partial charge in [-0.15, -0.1) is 0 Å². The van der Waals surface area contributed by atoms with Crippen molar-refractivity contribution < 1.29 is 13.2 Å². The van der Waals surface area contributed by atoms with Crippen LogP contribution in [0.4, 0.5) is 0 Å². The van der Waals surface area contributed by atoms with Crippen LogP contribution in [0.5, 0.6) is 0 Å².